The highest BCUT2D eigenvalue weighted by Gasteiger charge is 2.12. The Bertz CT molecular complexity index is 568. The first-order chi connectivity index (χ1) is 8.06. The van der Waals surface area contributed by atoms with Gasteiger partial charge >= 0.3 is 5.97 Å². The molecule has 0 saturated heterocycles. The molecule has 3 nitrogen and oxygen atoms in total. The van der Waals surface area contributed by atoms with Gasteiger partial charge < -0.3 is 5.11 Å². The van der Waals surface area contributed by atoms with Crippen LogP contribution in [0.25, 0.3) is 10.6 Å². The van der Waals surface area contributed by atoms with Crippen molar-refractivity contribution < 1.29 is 18.7 Å². The van der Waals surface area contributed by atoms with Crippen molar-refractivity contribution >= 4 is 17.3 Å². The van der Waals surface area contributed by atoms with Crippen LogP contribution in [-0.2, 0) is 11.2 Å². The number of aliphatic carboxylic acids is 1. The Morgan fingerprint density at radius 3 is 2.88 bits per heavy atom. The van der Waals surface area contributed by atoms with E-state index in [0.717, 1.165) is 29.5 Å². The lowest BCUT2D eigenvalue weighted by Gasteiger charge is -1.98. The van der Waals surface area contributed by atoms with E-state index in [2.05, 4.69) is 4.98 Å². The largest absolute Gasteiger partial charge is 0.481 e. The molecule has 0 fully saturated rings. The molecule has 0 aliphatic heterocycles. The normalized spacial score (nSPS) is 10.5. The number of hydrogen-bond acceptors (Lipinski definition) is 3. The van der Waals surface area contributed by atoms with E-state index in [1.165, 1.54) is 5.38 Å². The summed E-state index contributed by atoms with van der Waals surface area (Å²) in [6, 6.07) is 3.08. The van der Waals surface area contributed by atoms with Gasteiger partial charge in [-0.2, -0.15) is 0 Å². The Labute approximate surface area is 99.4 Å². The number of aromatic nitrogens is 1. The highest BCUT2D eigenvalue weighted by Crippen LogP contribution is 2.27. The Morgan fingerprint density at radius 2 is 2.18 bits per heavy atom. The minimum Gasteiger partial charge on any atom is -0.481 e. The number of halogens is 2. The molecule has 1 aromatic heterocycles. The van der Waals surface area contributed by atoms with Gasteiger partial charge in [-0.3, -0.25) is 4.79 Å². The summed E-state index contributed by atoms with van der Waals surface area (Å²) in [6.07, 6.45) is -0.229. The van der Waals surface area contributed by atoms with Crippen LogP contribution in [0.1, 0.15) is 5.69 Å². The van der Waals surface area contributed by atoms with Crippen LogP contribution in [0.2, 0.25) is 0 Å². The van der Waals surface area contributed by atoms with E-state index in [1.54, 1.807) is 0 Å². The summed E-state index contributed by atoms with van der Waals surface area (Å²) in [5, 5.41) is 10.4. The predicted molar refractivity (Wildman–Crippen MR) is 58.8 cm³/mol. The first-order valence-electron chi connectivity index (χ1n) is 4.68. The fourth-order valence-electron chi connectivity index (χ4n) is 1.33. The third-order valence-electron chi connectivity index (χ3n) is 2.04. The Morgan fingerprint density at radius 1 is 1.41 bits per heavy atom. The Hall–Kier alpha value is -1.82. The highest BCUT2D eigenvalue weighted by molar-refractivity contribution is 7.13. The highest BCUT2D eigenvalue weighted by atomic mass is 32.1. The van der Waals surface area contributed by atoms with Gasteiger partial charge in [0.25, 0.3) is 0 Å². The van der Waals surface area contributed by atoms with E-state index >= 15 is 0 Å². The zero-order chi connectivity index (χ0) is 12.4. The number of nitrogens with zero attached hydrogens (tertiary/aromatic N) is 1. The topological polar surface area (TPSA) is 50.2 Å². The molecule has 2 aromatic rings. The second kappa shape index (κ2) is 4.58. The van der Waals surface area contributed by atoms with Gasteiger partial charge in [0, 0.05) is 10.9 Å². The van der Waals surface area contributed by atoms with Crippen LogP contribution in [0.5, 0.6) is 0 Å². The van der Waals surface area contributed by atoms with Gasteiger partial charge in [-0.05, 0) is 18.2 Å². The van der Waals surface area contributed by atoms with Crippen molar-refractivity contribution in [2.24, 2.45) is 0 Å². The van der Waals surface area contributed by atoms with Crippen molar-refractivity contribution in [3.63, 3.8) is 0 Å². The van der Waals surface area contributed by atoms with Gasteiger partial charge in [-0.25, -0.2) is 13.8 Å². The summed E-state index contributed by atoms with van der Waals surface area (Å²) in [5.74, 6) is -2.15. The molecule has 0 saturated carbocycles. The smallest absolute Gasteiger partial charge is 0.309 e. The van der Waals surface area contributed by atoms with Crippen molar-refractivity contribution in [2.45, 2.75) is 6.42 Å². The maximum absolute atomic E-state index is 13.4. The summed E-state index contributed by atoms with van der Waals surface area (Å²) in [6.45, 7) is 0. The fourth-order valence-corrected chi connectivity index (χ4v) is 2.17. The average molecular weight is 255 g/mol. The zero-order valence-corrected chi connectivity index (χ0v) is 9.30. The summed E-state index contributed by atoms with van der Waals surface area (Å²) in [7, 11) is 0. The molecular formula is C11H7F2NO2S. The molecule has 0 unspecified atom stereocenters. The lowest BCUT2D eigenvalue weighted by Crippen LogP contribution is -2.00. The van der Waals surface area contributed by atoms with E-state index in [9.17, 15) is 13.6 Å². The van der Waals surface area contributed by atoms with Gasteiger partial charge in [0.1, 0.15) is 16.6 Å². The summed E-state index contributed by atoms with van der Waals surface area (Å²) < 4.78 is 26.4. The minimum atomic E-state index is -1.01. The van der Waals surface area contributed by atoms with E-state index in [-0.39, 0.29) is 17.0 Å². The average Bonchev–Trinajstić information content (AvgIpc) is 2.69. The molecule has 88 valence electrons. The standard InChI is InChI=1S/C11H7F2NO2S/c12-6-1-2-9(13)8(3-6)11-14-7(5-17-11)4-10(15)16/h1-3,5H,4H2,(H,15,16). The SMILES string of the molecule is O=C(O)Cc1csc(-c2cc(F)ccc2F)n1. The van der Waals surface area contributed by atoms with Crippen LogP contribution in [0.3, 0.4) is 0 Å². The van der Waals surface area contributed by atoms with Crippen LogP contribution < -0.4 is 0 Å². The van der Waals surface area contributed by atoms with E-state index in [0.29, 0.717) is 5.69 Å². The van der Waals surface area contributed by atoms with Crippen LogP contribution in [0.4, 0.5) is 8.78 Å². The van der Waals surface area contributed by atoms with Crippen LogP contribution in [0, 0.1) is 11.6 Å². The number of carboxylic acids is 1. The number of carboxylic acid groups (broad SMARTS) is 1. The first-order valence-corrected chi connectivity index (χ1v) is 5.56. The lowest BCUT2D eigenvalue weighted by atomic mass is 10.2. The number of thiazole rings is 1. The molecule has 0 aliphatic rings. The van der Waals surface area contributed by atoms with Crippen molar-refractivity contribution in [1.29, 1.82) is 0 Å². The molecule has 17 heavy (non-hydrogen) atoms. The predicted octanol–water partition coefficient (Wildman–Crippen LogP) is 2.72. The molecule has 1 aromatic carbocycles. The van der Waals surface area contributed by atoms with Crippen LogP contribution in [0.15, 0.2) is 23.6 Å². The fraction of sp³-hybridized carbons (Fsp3) is 0.0909. The van der Waals surface area contributed by atoms with E-state index in [4.69, 9.17) is 5.11 Å². The second-order valence-electron chi connectivity index (χ2n) is 3.34. The van der Waals surface area contributed by atoms with E-state index in [1.807, 2.05) is 0 Å². The molecule has 1 N–H and O–H groups in total. The Balaban J connectivity index is 2.36. The van der Waals surface area contributed by atoms with Gasteiger partial charge in [0.05, 0.1) is 12.1 Å². The lowest BCUT2D eigenvalue weighted by molar-refractivity contribution is -0.136. The van der Waals surface area contributed by atoms with Crippen LogP contribution in [-0.4, -0.2) is 16.1 Å². The molecule has 0 bridgehead atoms. The first kappa shape index (κ1) is 11.7. The summed E-state index contributed by atoms with van der Waals surface area (Å²) >= 11 is 1.09. The Kier molecular flexibility index (Phi) is 3.14. The molecule has 6 heteroatoms. The van der Waals surface area contributed by atoms with Crippen molar-refractivity contribution in [3.05, 3.63) is 40.9 Å². The van der Waals surface area contributed by atoms with Gasteiger partial charge in [-0.1, -0.05) is 0 Å². The number of benzene rings is 1. The molecule has 1 heterocycles. The van der Waals surface area contributed by atoms with Gasteiger partial charge in [0.2, 0.25) is 0 Å². The second-order valence-corrected chi connectivity index (χ2v) is 4.20. The van der Waals surface area contributed by atoms with Crippen molar-refractivity contribution in [2.75, 3.05) is 0 Å². The maximum atomic E-state index is 13.4. The minimum absolute atomic E-state index is 0.0478. The quantitative estimate of drug-likeness (QED) is 0.917. The molecule has 2 rings (SSSR count). The third-order valence-corrected chi connectivity index (χ3v) is 2.97. The molecule has 0 aliphatic carbocycles. The molecule has 0 amide bonds. The maximum Gasteiger partial charge on any atom is 0.309 e. The van der Waals surface area contributed by atoms with Gasteiger partial charge in [0.15, 0.2) is 0 Å². The third kappa shape index (κ3) is 2.65. The summed E-state index contributed by atoms with van der Waals surface area (Å²) in [5.41, 5.74) is 0.382. The number of hydrogen-bond donors (Lipinski definition) is 1. The van der Waals surface area contributed by atoms with E-state index < -0.39 is 17.6 Å². The molecule has 0 spiro atoms. The van der Waals surface area contributed by atoms with Crippen molar-refractivity contribution in [3.8, 4) is 10.6 Å². The van der Waals surface area contributed by atoms with Crippen molar-refractivity contribution in [1.82, 2.24) is 4.98 Å². The van der Waals surface area contributed by atoms with Gasteiger partial charge in [-0.15, -0.1) is 11.3 Å². The molecular weight excluding hydrogens is 248 g/mol. The van der Waals surface area contributed by atoms with Crippen LogP contribution >= 0.6 is 11.3 Å². The summed E-state index contributed by atoms with van der Waals surface area (Å²) in [4.78, 5) is 14.4. The number of carbonyl (C=O) groups is 1. The zero-order valence-electron chi connectivity index (χ0n) is 8.48. The molecule has 0 radical (unpaired) electrons. The molecule has 0 atom stereocenters. The number of rotatable bonds is 3. The monoisotopic (exact) mass is 255 g/mol.